The molecule has 1 unspecified atom stereocenters. The highest BCUT2D eigenvalue weighted by atomic mass is 32.2. The van der Waals surface area contributed by atoms with Gasteiger partial charge in [0.1, 0.15) is 0 Å². The predicted molar refractivity (Wildman–Crippen MR) is 62.1 cm³/mol. The van der Waals surface area contributed by atoms with Crippen molar-refractivity contribution in [2.45, 2.75) is 10.4 Å². The Labute approximate surface area is 104 Å². The summed E-state index contributed by atoms with van der Waals surface area (Å²) in [5.41, 5.74) is -3.51. The van der Waals surface area contributed by atoms with Crippen LogP contribution in [0.5, 0.6) is 0 Å². The van der Waals surface area contributed by atoms with E-state index in [1.54, 1.807) is 24.4 Å². The van der Waals surface area contributed by atoms with Crippen molar-refractivity contribution in [2.24, 2.45) is 0 Å². The van der Waals surface area contributed by atoms with Gasteiger partial charge in [-0.3, -0.25) is 4.98 Å². The highest BCUT2D eigenvalue weighted by Crippen LogP contribution is 2.28. The van der Waals surface area contributed by atoms with E-state index in [2.05, 4.69) is 4.98 Å². The number of pyridine rings is 1. The van der Waals surface area contributed by atoms with Crippen molar-refractivity contribution in [2.75, 3.05) is 0 Å². The fraction of sp³-hybridized carbons (Fsp3) is 0.0833. The lowest BCUT2D eigenvalue weighted by Gasteiger charge is -2.07. The fourth-order valence-corrected chi connectivity index (χ4v) is 2.16. The summed E-state index contributed by atoms with van der Waals surface area (Å²) in [4.78, 5) is 3.63. The molecular weight excluding hydrogens is 263 g/mol. The van der Waals surface area contributed by atoms with E-state index in [-0.39, 0.29) is 4.90 Å². The fourth-order valence-electron chi connectivity index (χ4n) is 1.46. The lowest BCUT2D eigenvalue weighted by molar-refractivity contribution is -0.0384. The number of alkyl halides is 3. The largest absolute Gasteiger partial charge is 0.475 e. The van der Waals surface area contributed by atoms with Crippen LogP contribution in [0.1, 0.15) is 0 Å². The topological polar surface area (TPSA) is 30.0 Å². The molecule has 1 aromatic heterocycles. The van der Waals surface area contributed by atoms with Crippen LogP contribution in [0.4, 0.5) is 13.2 Å². The van der Waals surface area contributed by atoms with Crippen LogP contribution in [0.2, 0.25) is 0 Å². The first-order chi connectivity index (χ1) is 8.48. The zero-order valence-corrected chi connectivity index (χ0v) is 9.83. The average Bonchev–Trinajstić information content (AvgIpc) is 2.38. The van der Waals surface area contributed by atoms with Crippen LogP contribution < -0.4 is 0 Å². The second-order valence-corrected chi connectivity index (χ2v) is 4.96. The molecule has 0 saturated carbocycles. The van der Waals surface area contributed by atoms with E-state index in [1.807, 2.05) is 0 Å². The molecule has 0 spiro atoms. The Hall–Kier alpha value is -1.69. The molecule has 2 aromatic rings. The van der Waals surface area contributed by atoms with Gasteiger partial charge in [0.05, 0.1) is 0 Å². The third kappa shape index (κ3) is 2.76. The van der Waals surface area contributed by atoms with Crippen LogP contribution in [0.3, 0.4) is 0 Å². The summed E-state index contributed by atoms with van der Waals surface area (Å²) >= 11 is 0. The number of nitrogens with zero attached hydrogens (tertiary/aromatic N) is 1. The molecule has 0 radical (unpaired) electrons. The molecule has 0 bridgehead atoms. The molecule has 6 heteroatoms. The minimum absolute atomic E-state index is 0.260. The predicted octanol–water partition coefficient (Wildman–Crippen LogP) is 3.38. The third-order valence-corrected chi connectivity index (χ3v) is 3.36. The molecule has 0 aliphatic rings. The quantitative estimate of drug-likeness (QED) is 0.838. The standard InChI is InChI=1S/C12H8F3NOS/c13-12(14,15)18(17)11-5-1-3-9(7-11)10-4-2-6-16-8-10/h1-8H. The van der Waals surface area contributed by atoms with E-state index in [9.17, 15) is 17.4 Å². The zero-order chi connectivity index (χ0) is 13.2. The number of benzene rings is 1. The lowest BCUT2D eigenvalue weighted by Crippen LogP contribution is -2.16. The zero-order valence-electron chi connectivity index (χ0n) is 9.02. The van der Waals surface area contributed by atoms with E-state index in [4.69, 9.17) is 0 Å². The van der Waals surface area contributed by atoms with Crippen molar-refractivity contribution < 1.29 is 17.4 Å². The van der Waals surface area contributed by atoms with Crippen molar-refractivity contribution in [3.05, 3.63) is 48.8 Å². The van der Waals surface area contributed by atoms with Crippen molar-refractivity contribution >= 4 is 10.8 Å². The molecule has 2 rings (SSSR count). The van der Waals surface area contributed by atoms with Crippen LogP contribution >= 0.6 is 0 Å². The smallest absolute Gasteiger partial charge is 0.264 e. The maximum atomic E-state index is 12.4. The van der Waals surface area contributed by atoms with Gasteiger partial charge in [-0.2, -0.15) is 13.2 Å². The molecule has 0 aliphatic carbocycles. The number of aromatic nitrogens is 1. The van der Waals surface area contributed by atoms with Crippen molar-refractivity contribution in [1.82, 2.24) is 4.98 Å². The van der Waals surface area contributed by atoms with Gasteiger partial charge in [-0.15, -0.1) is 0 Å². The minimum atomic E-state index is -4.74. The Kier molecular flexibility index (Phi) is 3.47. The van der Waals surface area contributed by atoms with Gasteiger partial charge in [0.15, 0.2) is 10.8 Å². The molecule has 1 atom stereocenters. The van der Waals surface area contributed by atoms with Crippen molar-refractivity contribution in [3.8, 4) is 11.1 Å². The Morgan fingerprint density at radius 1 is 1.06 bits per heavy atom. The van der Waals surface area contributed by atoms with Gasteiger partial charge in [-0.25, -0.2) is 4.21 Å². The summed E-state index contributed by atoms with van der Waals surface area (Å²) in [6.07, 6.45) is 3.11. The number of hydrogen-bond donors (Lipinski definition) is 0. The van der Waals surface area contributed by atoms with E-state index in [1.165, 1.54) is 24.4 Å². The molecular formula is C12H8F3NOS. The second kappa shape index (κ2) is 4.89. The Bertz CT molecular complexity index is 569. The summed E-state index contributed by atoms with van der Waals surface area (Å²) in [6, 6.07) is 8.96. The Balaban J connectivity index is 2.41. The lowest BCUT2D eigenvalue weighted by atomic mass is 10.1. The Morgan fingerprint density at radius 3 is 2.39 bits per heavy atom. The van der Waals surface area contributed by atoms with Gasteiger partial charge in [0.2, 0.25) is 0 Å². The molecule has 0 N–H and O–H groups in total. The SMILES string of the molecule is O=S(c1cccc(-c2cccnc2)c1)C(F)(F)F. The van der Waals surface area contributed by atoms with Gasteiger partial charge in [0, 0.05) is 22.9 Å². The van der Waals surface area contributed by atoms with Gasteiger partial charge in [-0.05, 0) is 23.8 Å². The molecule has 94 valence electrons. The van der Waals surface area contributed by atoms with Crippen LogP contribution in [0.15, 0.2) is 53.7 Å². The number of hydrogen-bond acceptors (Lipinski definition) is 2. The van der Waals surface area contributed by atoms with Gasteiger partial charge in [-0.1, -0.05) is 18.2 Å². The van der Waals surface area contributed by atoms with E-state index in [0.717, 1.165) is 0 Å². The Morgan fingerprint density at radius 2 is 1.78 bits per heavy atom. The van der Waals surface area contributed by atoms with Crippen molar-refractivity contribution in [1.29, 1.82) is 0 Å². The van der Waals surface area contributed by atoms with Gasteiger partial charge in [0.25, 0.3) is 0 Å². The minimum Gasteiger partial charge on any atom is -0.264 e. The maximum absolute atomic E-state index is 12.4. The molecule has 0 aliphatic heterocycles. The maximum Gasteiger partial charge on any atom is 0.475 e. The van der Waals surface area contributed by atoms with E-state index in [0.29, 0.717) is 11.1 Å². The summed E-state index contributed by atoms with van der Waals surface area (Å²) in [6.45, 7) is 0. The van der Waals surface area contributed by atoms with Gasteiger partial charge >= 0.3 is 5.51 Å². The third-order valence-electron chi connectivity index (χ3n) is 2.25. The van der Waals surface area contributed by atoms with Crippen LogP contribution in [-0.2, 0) is 10.8 Å². The summed E-state index contributed by atoms with van der Waals surface area (Å²) < 4.78 is 48.3. The van der Waals surface area contributed by atoms with E-state index >= 15 is 0 Å². The summed E-state index contributed by atoms with van der Waals surface area (Å²) in [5, 5.41) is 0. The average molecular weight is 271 g/mol. The van der Waals surface area contributed by atoms with Crippen molar-refractivity contribution in [3.63, 3.8) is 0 Å². The molecule has 0 saturated heterocycles. The normalized spacial score (nSPS) is 13.3. The molecule has 18 heavy (non-hydrogen) atoms. The molecule has 0 amide bonds. The molecule has 1 heterocycles. The first-order valence-electron chi connectivity index (χ1n) is 4.97. The monoisotopic (exact) mass is 271 g/mol. The first-order valence-corrected chi connectivity index (χ1v) is 6.12. The van der Waals surface area contributed by atoms with E-state index < -0.39 is 16.3 Å². The van der Waals surface area contributed by atoms with Gasteiger partial charge < -0.3 is 0 Å². The highest BCUT2D eigenvalue weighted by molar-refractivity contribution is 7.86. The highest BCUT2D eigenvalue weighted by Gasteiger charge is 2.37. The summed E-state index contributed by atoms with van der Waals surface area (Å²) in [7, 11) is -3.01. The number of halogens is 3. The molecule has 2 nitrogen and oxygen atoms in total. The first kappa shape index (κ1) is 12.8. The molecule has 0 fully saturated rings. The van der Waals surface area contributed by atoms with Crippen LogP contribution in [0.25, 0.3) is 11.1 Å². The summed E-state index contributed by atoms with van der Waals surface area (Å²) in [5.74, 6) is 0. The van der Waals surface area contributed by atoms with Crippen LogP contribution in [-0.4, -0.2) is 14.7 Å². The number of rotatable bonds is 2. The molecule has 1 aromatic carbocycles. The van der Waals surface area contributed by atoms with Crippen LogP contribution in [0, 0.1) is 0 Å². The second-order valence-electron chi connectivity index (χ2n) is 3.48.